The molecule has 128 valence electrons. The fourth-order valence-electron chi connectivity index (χ4n) is 3.00. The summed E-state index contributed by atoms with van der Waals surface area (Å²) in [6.45, 7) is 12.1. The first-order chi connectivity index (χ1) is 9.83. The Morgan fingerprint density at radius 2 is 0.857 bits per heavy atom. The molecule has 0 aliphatic heterocycles. The Balaban J connectivity index is 3.43. The summed E-state index contributed by atoms with van der Waals surface area (Å²) >= 11 is 0. The lowest BCUT2D eigenvalue weighted by Gasteiger charge is -2.30. The van der Waals surface area contributed by atoms with Crippen LogP contribution in [0.4, 0.5) is 0 Å². The van der Waals surface area contributed by atoms with Crippen LogP contribution < -0.4 is 0 Å². The molecule has 0 saturated carbocycles. The van der Waals surface area contributed by atoms with Crippen molar-refractivity contribution in [1.29, 1.82) is 0 Å². The Hall–Kier alpha value is -0.0400. The highest BCUT2D eigenvalue weighted by Gasteiger charge is 2.13. The topological polar surface area (TPSA) is 0 Å². The highest BCUT2D eigenvalue weighted by atomic mass is 15.3. The van der Waals surface area contributed by atoms with Crippen LogP contribution in [0.15, 0.2) is 0 Å². The van der Waals surface area contributed by atoms with Gasteiger partial charge in [0, 0.05) is 0 Å². The molecule has 0 radical (unpaired) electrons. The predicted molar refractivity (Wildman–Crippen MR) is 97.7 cm³/mol. The van der Waals surface area contributed by atoms with Gasteiger partial charge in [0.15, 0.2) is 0 Å². The summed E-state index contributed by atoms with van der Waals surface area (Å²) in [6, 6.07) is 0. The molecule has 0 aromatic rings. The van der Waals surface area contributed by atoms with Crippen LogP contribution in [0.1, 0.15) is 91.9 Å². The standard InChI is InChI=1S/C20H44N/c1-19(2)15-11-7-9-13-17-21(5,6)18-14-10-8-12-16-20(3)4/h19-20H,7-18H2,1-6H3/q+1. The molecule has 0 N–H and O–H groups in total. The lowest BCUT2D eigenvalue weighted by molar-refractivity contribution is -0.890. The maximum Gasteiger partial charge on any atom is 0.0782 e. The molecule has 0 saturated heterocycles. The van der Waals surface area contributed by atoms with Crippen LogP contribution in [0.25, 0.3) is 0 Å². The van der Waals surface area contributed by atoms with Crippen LogP contribution >= 0.6 is 0 Å². The molecule has 0 aliphatic rings. The van der Waals surface area contributed by atoms with Crippen LogP contribution in [0, 0.1) is 11.8 Å². The highest BCUT2D eigenvalue weighted by Crippen LogP contribution is 2.13. The Kier molecular flexibility index (Phi) is 12.5. The fourth-order valence-corrected chi connectivity index (χ4v) is 3.00. The third-order valence-electron chi connectivity index (χ3n) is 4.59. The van der Waals surface area contributed by atoms with Crippen LogP contribution in [-0.4, -0.2) is 31.7 Å². The molecule has 0 spiro atoms. The quantitative estimate of drug-likeness (QED) is 0.262. The molecule has 0 atom stereocenters. The van der Waals surface area contributed by atoms with Gasteiger partial charge in [-0.15, -0.1) is 0 Å². The normalized spacial score (nSPS) is 12.6. The zero-order chi connectivity index (χ0) is 16.1. The number of unbranched alkanes of at least 4 members (excludes halogenated alkanes) is 6. The van der Waals surface area contributed by atoms with E-state index in [0.29, 0.717) is 0 Å². The Morgan fingerprint density at radius 1 is 0.524 bits per heavy atom. The van der Waals surface area contributed by atoms with Gasteiger partial charge < -0.3 is 4.48 Å². The molecule has 0 amide bonds. The van der Waals surface area contributed by atoms with Gasteiger partial charge in [0.25, 0.3) is 0 Å². The van der Waals surface area contributed by atoms with Gasteiger partial charge in [0.1, 0.15) is 0 Å². The Labute approximate surface area is 136 Å². The molecule has 0 bridgehead atoms. The average Bonchev–Trinajstić information content (AvgIpc) is 2.37. The van der Waals surface area contributed by atoms with Crippen molar-refractivity contribution in [3.05, 3.63) is 0 Å². The SMILES string of the molecule is CC(C)CCCCCC[N+](C)(C)CCCCCCC(C)C. The van der Waals surface area contributed by atoms with Crippen LogP contribution in [0.3, 0.4) is 0 Å². The Bertz CT molecular complexity index is 196. The van der Waals surface area contributed by atoms with Gasteiger partial charge in [-0.1, -0.05) is 66.2 Å². The summed E-state index contributed by atoms with van der Waals surface area (Å²) in [5.41, 5.74) is 0. The van der Waals surface area contributed by atoms with Crippen molar-refractivity contribution in [2.24, 2.45) is 11.8 Å². The van der Waals surface area contributed by atoms with Gasteiger partial charge in [-0.2, -0.15) is 0 Å². The number of hydrogen-bond acceptors (Lipinski definition) is 0. The molecule has 0 unspecified atom stereocenters. The molecule has 0 rings (SSSR count). The summed E-state index contributed by atoms with van der Waals surface area (Å²) < 4.78 is 1.23. The highest BCUT2D eigenvalue weighted by molar-refractivity contribution is 4.50. The van der Waals surface area contributed by atoms with Crippen molar-refractivity contribution in [1.82, 2.24) is 0 Å². The second-order valence-electron chi connectivity index (χ2n) is 8.58. The first-order valence-corrected chi connectivity index (χ1v) is 9.65. The first kappa shape index (κ1) is 21.0. The van der Waals surface area contributed by atoms with Crippen molar-refractivity contribution < 1.29 is 4.48 Å². The summed E-state index contributed by atoms with van der Waals surface area (Å²) in [5, 5.41) is 0. The van der Waals surface area contributed by atoms with Gasteiger partial charge in [-0.3, -0.25) is 0 Å². The summed E-state index contributed by atoms with van der Waals surface area (Å²) in [4.78, 5) is 0. The van der Waals surface area contributed by atoms with E-state index in [-0.39, 0.29) is 0 Å². The maximum absolute atomic E-state index is 2.42. The largest absolute Gasteiger partial charge is 0.328 e. The number of hydrogen-bond donors (Lipinski definition) is 0. The van der Waals surface area contributed by atoms with E-state index >= 15 is 0 Å². The van der Waals surface area contributed by atoms with Gasteiger partial charge >= 0.3 is 0 Å². The van der Waals surface area contributed by atoms with Gasteiger partial charge in [-0.05, 0) is 37.5 Å². The van der Waals surface area contributed by atoms with Gasteiger partial charge in [-0.25, -0.2) is 0 Å². The van der Waals surface area contributed by atoms with Crippen molar-refractivity contribution >= 4 is 0 Å². The summed E-state index contributed by atoms with van der Waals surface area (Å²) in [6.07, 6.45) is 14.3. The van der Waals surface area contributed by atoms with E-state index in [0.717, 1.165) is 11.8 Å². The van der Waals surface area contributed by atoms with Crippen LogP contribution in [0.5, 0.6) is 0 Å². The van der Waals surface area contributed by atoms with Gasteiger partial charge in [0.2, 0.25) is 0 Å². The maximum atomic E-state index is 2.42. The monoisotopic (exact) mass is 298 g/mol. The molecule has 0 aliphatic carbocycles. The van der Waals surface area contributed by atoms with E-state index in [1.165, 1.54) is 81.8 Å². The molecule has 1 nitrogen and oxygen atoms in total. The molecule has 0 heterocycles. The summed E-state index contributed by atoms with van der Waals surface area (Å²) in [5.74, 6) is 1.76. The first-order valence-electron chi connectivity index (χ1n) is 9.65. The number of quaternary nitrogens is 1. The molecule has 0 aromatic carbocycles. The van der Waals surface area contributed by atoms with E-state index < -0.39 is 0 Å². The van der Waals surface area contributed by atoms with Crippen molar-refractivity contribution in [2.45, 2.75) is 91.9 Å². The van der Waals surface area contributed by atoms with E-state index in [1.807, 2.05) is 0 Å². The minimum Gasteiger partial charge on any atom is -0.328 e. The second kappa shape index (κ2) is 12.5. The van der Waals surface area contributed by atoms with Crippen molar-refractivity contribution in [2.75, 3.05) is 27.2 Å². The van der Waals surface area contributed by atoms with Gasteiger partial charge in [0.05, 0.1) is 27.2 Å². The minimum atomic E-state index is 0.882. The lowest BCUT2D eigenvalue weighted by Crippen LogP contribution is -2.41. The fraction of sp³-hybridized carbons (Fsp3) is 1.00. The predicted octanol–water partition coefficient (Wildman–Crippen LogP) is 6.28. The molecular weight excluding hydrogens is 254 g/mol. The summed E-state index contributed by atoms with van der Waals surface area (Å²) in [7, 11) is 4.84. The smallest absolute Gasteiger partial charge is 0.0782 e. The Morgan fingerprint density at radius 3 is 1.19 bits per heavy atom. The van der Waals surface area contributed by atoms with Crippen molar-refractivity contribution in [3.8, 4) is 0 Å². The molecule has 21 heavy (non-hydrogen) atoms. The third kappa shape index (κ3) is 16.2. The third-order valence-corrected chi connectivity index (χ3v) is 4.59. The average molecular weight is 299 g/mol. The molecular formula is C20H44N+. The van der Waals surface area contributed by atoms with E-state index in [2.05, 4.69) is 41.8 Å². The molecule has 1 heteroatoms. The minimum absolute atomic E-state index is 0.882. The van der Waals surface area contributed by atoms with E-state index in [1.54, 1.807) is 0 Å². The number of nitrogens with zero attached hydrogens (tertiary/aromatic N) is 1. The molecule has 0 aromatic heterocycles. The van der Waals surface area contributed by atoms with Crippen LogP contribution in [0.2, 0.25) is 0 Å². The van der Waals surface area contributed by atoms with E-state index in [4.69, 9.17) is 0 Å². The number of rotatable bonds is 14. The van der Waals surface area contributed by atoms with E-state index in [9.17, 15) is 0 Å². The van der Waals surface area contributed by atoms with Crippen LogP contribution in [-0.2, 0) is 0 Å². The zero-order valence-corrected chi connectivity index (χ0v) is 16.1. The second-order valence-corrected chi connectivity index (χ2v) is 8.58. The zero-order valence-electron chi connectivity index (χ0n) is 16.1. The van der Waals surface area contributed by atoms with Crippen molar-refractivity contribution in [3.63, 3.8) is 0 Å². The molecule has 0 fully saturated rings. The lowest BCUT2D eigenvalue weighted by atomic mass is 10.0.